The summed E-state index contributed by atoms with van der Waals surface area (Å²) in [5.74, 6) is 3.33. The summed E-state index contributed by atoms with van der Waals surface area (Å²) in [6, 6.07) is 11.5. The third-order valence-electron chi connectivity index (χ3n) is 3.12. The van der Waals surface area contributed by atoms with Gasteiger partial charge in [-0.05, 0) is 43.0 Å². The molecule has 0 heterocycles. The maximum atomic E-state index is 3.62. The molecule has 1 aromatic carbocycles. The Balaban J connectivity index is 2.21. The summed E-state index contributed by atoms with van der Waals surface area (Å²) in [7, 11) is 0. The molecule has 2 heteroatoms. The third-order valence-corrected chi connectivity index (χ3v) is 4.66. The summed E-state index contributed by atoms with van der Waals surface area (Å²) in [4.78, 5) is 0. The zero-order valence-electron chi connectivity index (χ0n) is 12.7. The van der Waals surface area contributed by atoms with E-state index < -0.39 is 0 Å². The van der Waals surface area contributed by atoms with Gasteiger partial charge in [-0.3, -0.25) is 0 Å². The number of hydrogen-bond acceptors (Lipinski definition) is 2. The highest BCUT2D eigenvalue weighted by Gasteiger charge is 2.07. The van der Waals surface area contributed by atoms with E-state index in [0.717, 1.165) is 12.5 Å². The SMILES string of the molecule is CCNC(CCCc1ccccc1)CSCC(C)C. The zero-order chi connectivity index (χ0) is 13.9. The van der Waals surface area contributed by atoms with E-state index in [1.807, 2.05) is 0 Å². The molecule has 1 atom stereocenters. The van der Waals surface area contributed by atoms with Gasteiger partial charge < -0.3 is 5.32 Å². The molecule has 1 rings (SSSR count). The van der Waals surface area contributed by atoms with Crippen LogP contribution < -0.4 is 5.32 Å². The van der Waals surface area contributed by atoms with E-state index in [4.69, 9.17) is 0 Å². The van der Waals surface area contributed by atoms with Gasteiger partial charge >= 0.3 is 0 Å². The Hall–Kier alpha value is -0.470. The van der Waals surface area contributed by atoms with Gasteiger partial charge in [0, 0.05) is 11.8 Å². The molecule has 0 radical (unpaired) electrons. The third kappa shape index (κ3) is 8.33. The van der Waals surface area contributed by atoms with Gasteiger partial charge in [0.15, 0.2) is 0 Å². The second-order valence-corrected chi connectivity index (χ2v) is 6.64. The highest BCUT2D eigenvalue weighted by molar-refractivity contribution is 7.99. The van der Waals surface area contributed by atoms with Gasteiger partial charge in [-0.25, -0.2) is 0 Å². The van der Waals surface area contributed by atoms with Gasteiger partial charge in [0.1, 0.15) is 0 Å². The Bertz CT molecular complexity index is 310. The van der Waals surface area contributed by atoms with E-state index in [0.29, 0.717) is 6.04 Å². The van der Waals surface area contributed by atoms with Gasteiger partial charge in [-0.2, -0.15) is 11.8 Å². The van der Waals surface area contributed by atoms with Crippen molar-refractivity contribution in [1.82, 2.24) is 5.32 Å². The molecule has 1 aromatic rings. The predicted octanol–water partition coefficient (Wildman–Crippen LogP) is 4.38. The quantitative estimate of drug-likeness (QED) is 0.682. The normalized spacial score (nSPS) is 12.8. The minimum atomic E-state index is 0.678. The van der Waals surface area contributed by atoms with Crippen molar-refractivity contribution < 1.29 is 0 Å². The predicted molar refractivity (Wildman–Crippen MR) is 89.0 cm³/mol. The molecule has 0 spiro atoms. The first-order valence-electron chi connectivity index (χ1n) is 7.57. The molecule has 0 aliphatic rings. The molecule has 19 heavy (non-hydrogen) atoms. The molecule has 108 valence electrons. The molecule has 0 saturated carbocycles. The number of hydrogen-bond donors (Lipinski definition) is 1. The first-order valence-corrected chi connectivity index (χ1v) is 8.73. The molecule has 0 fully saturated rings. The molecule has 0 saturated heterocycles. The smallest absolute Gasteiger partial charge is 0.0158 e. The molecule has 0 amide bonds. The Labute approximate surface area is 123 Å². The second kappa shape index (κ2) is 10.3. The van der Waals surface area contributed by atoms with Crippen molar-refractivity contribution in [1.29, 1.82) is 0 Å². The summed E-state index contributed by atoms with van der Waals surface area (Å²) >= 11 is 2.09. The summed E-state index contributed by atoms with van der Waals surface area (Å²) in [5.41, 5.74) is 1.47. The van der Waals surface area contributed by atoms with Gasteiger partial charge in [-0.15, -0.1) is 0 Å². The molecular weight excluding hydrogens is 250 g/mol. The lowest BCUT2D eigenvalue weighted by atomic mass is 10.1. The minimum Gasteiger partial charge on any atom is -0.313 e. The topological polar surface area (TPSA) is 12.0 Å². The van der Waals surface area contributed by atoms with Crippen LogP contribution in [-0.2, 0) is 6.42 Å². The summed E-state index contributed by atoms with van der Waals surface area (Å²) in [6.07, 6.45) is 3.77. The fraction of sp³-hybridized carbons (Fsp3) is 0.647. The Morgan fingerprint density at radius 1 is 1.11 bits per heavy atom. The van der Waals surface area contributed by atoms with Crippen LogP contribution in [0.15, 0.2) is 30.3 Å². The van der Waals surface area contributed by atoms with Crippen LogP contribution in [0.4, 0.5) is 0 Å². The average molecular weight is 279 g/mol. The van der Waals surface area contributed by atoms with Crippen LogP contribution in [0.5, 0.6) is 0 Å². The fourth-order valence-electron chi connectivity index (χ4n) is 2.18. The summed E-state index contributed by atoms with van der Waals surface area (Å²) in [5, 5.41) is 3.62. The average Bonchev–Trinajstić information content (AvgIpc) is 2.39. The van der Waals surface area contributed by atoms with Crippen LogP contribution in [0.2, 0.25) is 0 Å². The lowest BCUT2D eigenvalue weighted by Gasteiger charge is -2.18. The molecular formula is C17H29NS. The monoisotopic (exact) mass is 279 g/mol. The lowest BCUT2D eigenvalue weighted by Crippen LogP contribution is -2.31. The van der Waals surface area contributed by atoms with Crippen LogP contribution in [0.3, 0.4) is 0 Å². The Morgan fingerprint density at radius 2 is 1.84 bits per heavy atom. The van der Waals surface area contributed by atoms with Crippen LogP contribution in [0.25, 0.3) is 0 Å². The van der Waals surface area contributed by atoms with Crippen LogP contribution in [0.1, 0.15) is 39.2 Å². The van der Waals surface area contributed by atoms with Gasteiger partial charge in [0.2, 0.25) is 0 Å². The van der Waals surface area contributed by atoms with Crippen molar-refractivity contribution in [2.45, 2.75) is 46.1 Å². The van der Waals surface area contributed by atoms with E-state index in [1.54, 1.807) is 0 Å². The summed E-state index contributed by atoms with van der Waals surface area (Å²) < 4.78 is 0. The number of benzene rings is 1. The number of rotatable bonds is 10. The Kier molecular flexibility index (Phi) is 9.02. The highest BCUT2D eigenvalue weighted by atomic mass is 32.2. The highest BCUT2D eigenvalue weighted by Crippen LogP contribution is 2.13. The van der Waals surface area contributed by atoms with Crippen LogP contribution >= 0.6 is 11.8 Å². The second-order valence-electron chi connectivity index (χ2n) is 5.56. The molecule has 1 unspecified atom stereocenters. The molecule has 1 N–H and O–H groups in total. The number of thioether (sulfide) groups is 1. The van der Waals surface area contributed by atoms with Gasteiger partial charge in [0.25, 0.3) is 0 Å². The molecule has 0 aliphatic heterocycles. The summed E-state index contributed by atoms with van der Waals surface area (Å²) in [6.45, 7) is 7.88. The maximum absolute atomic E-state index is 3.62. The van der Waals surface area contributed by atoms with E-state index in [-0.39, 0.29) is 0 Å². The van der Waals surface area contributed by atoms with E-state index in [1.165, 1.54) is 36.3 Å². The van der Waals surface area contributed by atoms with Crippen molar-refractivity contribution in [2.24, 2.45) is 5.92 Å². The lowest BCUT2D eigenvalue weighted by molar-refractivity contribution is 0.518. The van der Waals surface area contributed by atoms with Crippen LogP contribution in [-0.4, -0.2) is 24.1 Å². The number of nitrogens with one attached hydrogen (secondary N) is 1. The van der Waals surface area contributed by atoms with Crippen molar-refractivity contribution in [3.05, 3.63) is 35.9 Å². The Morgan fingerprint density at radius 3 is 2.47 bits per heavy atom. The molecule has 0 aliphatic carbocycles. The largest absolute Gasteiger partial charge is 0.313 e. The van der Waals surface area contributed by atoms with Crippen molar-refractivity contribution in [3.8, 4) is 0 Å². The standard InChI is InChI=1S/C17H29NS/c1-4-18-17(14-19-13-15(2)3)12-8-11-16-9-6-5-7-10-16/h5-7,9-10,15,17-18H,4,8,11-14H2,1-3H3. The molecule has 0 bridgehead atoms. The van der Waals surface area contributed by atoms with E-state index in [2.05, 4.69) is 68.2 Å². The molecule has 0 aromatic heterocycles. The van der Waals surface area contributed by atoms with Crippen LogP contribution in [0, 0.1) is 5.92 Å². The van der Waals surface area contributed by atoms with Gasteiger partial charge in [0.05, 0.1) is 0 Å². The van der Waals surface area contributed by atoms with Crippen molar-refractivity contribution in [3.63, 3.8) is 0 Å². The van der Waals surface area contributed by atoms with E-state index in [9.17, 15) is 0 Å². The molecule has 1 nitrogen and oxygen atoms in total. The first-order chi connectivity index (χ1) is 9.22. The first kappa shape index (κ1) is 16.6. The minimum absolute atomic E-state index is 0.678. The maximum Gasteiger partial charge on any atom is 0.0158 e. The fourth-order valence-corrected chi connectivity index (χ4v) is 3.35. The van der Waals surface area contributed by atoms with Crippen molar-refractivity contribution in [2.75, 3.05) is 18.1 Å². The van der Waals surface area contributed by atoms with Gasteiger partial charge in [-0.1, -0.05) is 51.1 Å². The van der Waals surface area contributed by atoms with Crippen molar-refractivity contribution >= 4 is 11.8 Å². The zero-order valence-corrected chi connectivity index (χ0v) is 13.5. The van der Waals surface area contributed by atoms with E-state index >= 15 is 0 Å². The number of aryl methyl sites for hydroxylation is 1.